The molecule has 1 amide bonds. The van der Waals surface area contributed by atoms with Crippen LogP contribution in [0.15, 0.2) is 53.9 Å². The first-order chi connectivity index (χ1) is 11.1. The molecule has 0 fully saturated rings. The zero-order valence-electron chi connectivity index (χ0n) is 13.0. The van der Waals surface area contributed by atoms with Crippen LogP contribution in [0.4, 0.5) is 5.69 Å². The Morgan fingerprint density at radius 3 is 2.65 bits per heavy atom. The zero-order valence-corrected chi connectivity index (χ0v) is 13.8. The van der Waals surface area contributed by atoms with Crippen LogP contribution in [0.25, 0.3) is 21.8 Å². The third-order valence-electron chi connectivity index (χ3n) is 4.38. The van der Waals surface area contributed by atoms with Crippen LogP contribution in [0, 0.1) is 0 Å². The predicted molar refractivity (Wildman–Crippen MR) is 94.8 cm³/mol. The van der Waals surface area contributed by atoms with Crippen LogP contribution in [0.2, 0.25) is 0 Å². The van der Waals surface area contributed by atoms with Gasteiger partial charge in [-0.3, -0.25) is 4.79 Å². The third-order valence-corrected chi connectivity index (χ3v) is 5.27. The fourth-order valence-corrected chi connectivity index (χ4v) is 3.86. The summed E-state index contributed by atoms with van der Waals surface area (Å²) in [6.07, 6.45) is 0. The van der Waals surface area contributed by atoms with Crippen molar-refractivity contribution in [2.24, 2.45) is 0 Å². The minimum absolute atomic E-state index is 0.0813. The van der Waals surface area contributed by atoms with Crippen molar-refractivity contribution in [2.75, 3.05) is 11.9 Å². The molecule has 2 heterocycles. The average molecular weight is 320 g/mol. The highest BCUT2D eigenvalue weighted by Gasteiger charge is 2.31. The van der Waals surface area contributed by atoms with E-state index in [9.17, 15) is 4.79 Å². The molecule has 1 aliphatic heterocycles. The number of amides is 1. The molecule has 0 radical (unpaired) electrons. The van der Waals surface area contributed by atoms with Crippen LogP contribution in [0.1, 0.15) is 18.4 Å². The Morgan fingerprint density at radius 1 is 1.09 bits per heavy atom. The van der Waals surface area contributed by atoms with E-state index in [-0.39, 0.29) is 11.8 Å². The van der Waals surface area contributed by atoms with Gasteiger partial charge in [0.25, 0.3) is 0 Å². The highest BCUT2D eigenvalue weighted by atomic mass is 32.1. The molecule has 0 saturated carbocycles. The number of carbonyl (C=O) groups is 1. The number of rotatable bonds is 2. The van der Waals surface area contributed by atoms with E-state index in [2.05, 4.69) is 23.6 Å². The van der Waals surface area contributed by atoms with E-state index in [4.69, 9.17) is 4.98 Å². The Kier molecular flexibility index (Phi) is 3.27. The summed E-state index contributed by atoms with van der Waals surface area (Å²) in [5.74, 6) is 0.0718. The summed E-state index contributed by atoms with van der Waals surface area (Å²) in [5.41, 5.74) is 5.25. The van der Waals surface area contributed by atoms with Crippen molar-refractivity contribution in [3.05, 3.63) is 59.5 Å². The monoisotopic (exact) mass is 320 g/mol. The first kappa shape index (κ1) is 14.2. The van der Waals surface area contributed by atoms with Gasteiger partial charge in [-0.1, -0.05) is 36.4 Å². The van der Waals surface area contributed by atoms with E-state index in [1.807, 2.05) is 44.3 Å². The van der Waals surface area contributed by atoms with Crippen molar-refractivity contribution in [1.82, 2.24) is 4.98 Å². The number of nitrogens with zero attached hydrogens (tertiary/aromatic N) is 2. The maximum atomic E-state index is 12.1. The van der Waals surface area contributed by atoms with Crippen LogP contribution in [-0.2, 0) is 4.79 Å². The number of anilines is 1. The molecule has 1 aromatic heterocycles. The first-order valence-electron chi connectivity index (χ1n) is 7.58. The van der Waals surface area contributed by atoms with Gasteiger partial charge in [0.15, 0.2) is 0 Å². The van der Waals surface area contributed by atoms with Crippen molar-refractivity contribution < 1.29 is 4.79 Å². The van der Waals surface area contributed by atoms with E-state index in [0.717, 1.165) is 33.1 Å². The van der Waals surface area contributed by atoms with E-state index in [0.29, 0.717) is 0 Å². The minimum Gasteiger partial charge on any atom is -0.315 e. The molecule has 4 heteroatoms. The van der Waals surface area contributed by atoms with Gasteiger partial charge in [0.05, 0.1) is 11.6 Å². The van der Waals surface area contributed by atoms with Gasteiger partial charge in [-0.2, -0.15) is 0 Å². The van der Waals surface area contributed by atoms with Crippen LogP contribution < -0.4 is 4.90 Å². The van der Waals surface area contributed by atoms with E-state index >= 15 is 0 Å². The molecule has 4 rings (SSSR count). The molecule has 0 spiro atoms. The molecule has 1 unspecified atom stereocenters. The second-order valence-electron chi connectivity index (χ2n) is 5.80. The SMILES string of the molecule is CC1C(=O)N(C)c2ccc(-c3csc(-c4ccccc4)n3)cc21. The van der Waals surface area contributed by atoms with Gasteiger partial charge in [0.1, 0.15) is 5.01 Å². The third kappa shape index (κ3) is 2.26. The normalized spacial score (nSPS) is 16.7. The molecular weight excluding hydrogens is 304 g/mol. The van der Waals surface area contributed by atoms with Crippen LogP contribution in [0.5, 0.6) is 0 Å². The summed E-state index contributed by atoms with van der Waals surface area (Å²) in [6.45, 7) is 1.96. The van der Waals surface area contributed by atoms with Crippen LogP contribution in [-0.4, -0.2) is 17.9 Å². The number of benzene rings is 2. The number of carbonyl (C=O) groups excluding carboxylic acids is 1. The second kappa shape index (κ2) is 5.32. The second-order valence-corrected chi connectivity index (χ2v) is 6.65. The largest absolute Gasteiger partial charge is 0.315 e. The maximum Gasteiger partial charge on any atom is 0.234 e. The van der Waals surface area contributed by atoms with Crippen LogP contribution >= 0.6 is 11.3 Å². The van der Waals surface area contributed by atoms with Crippen molar-refractivity contribution in [3.63, 3.8) is 0 Å². The molecule has 2 aromatic carbocycles. The number of fused-ring (bicyclic) bond motifs is 1. The van der Waals surface area contributed by atoms with E-state index in [1.165, 1.54) is 0 Å². The molecule has 23 heavy (non-hydrogen) atoms. The lowest BCUT2D eigenvalue weighted by Crippen LogP contribution is -2.22. The minimum atomic E-state index is -0.0813. The van der Waals surface area contributed by atoms with Crippen molar-refractivity contribution in [2.45, 2.75) is 12.8 Å². The number of thiazole rings is 1. The van der Waals surface area contributed by atoms with E-state index < -0.39 is 0 Å². The molecule has 0 N–H and O–H groups in total. The average Bonchev–Trinajstić information content (AvgIpc) is 3.17. The lowest BCUT2D eigenvalue weighted by molar-refractivity contribution is -0.118. The van der Waals surface area contributed by atoms with Gasteiger partial charge in [-0.05, 0) is 24.6 Å². The molecule has 1 atom stereocenters. The molecule has 3 aromatic rings. The first-order valence-corrected chi connectivity index (χ1v) is 8.46. The Labute approximate surface area is 139 Å². The number of hydrogen-bond acceptors (Lipinski definition) is 3. The molecule has 114 valence electrons. The van der Waals surface area contributed by atoms with Gasteiger partial charge in [0.2, 0.25) is 5.91 Å². The summed E-state index contributed by atoms with van der Waals surface area (Å²) >= 11 is 1.64. The highest BCUT2D eigenvalue weighted by molar-refractivity contribution is 7.13. The topological polar surface area (TPSA) is 33.2 Å². The summed E-state index contributed by atoms with van der Waals surface area (Å²) in [4.78, 5) is 18.6. The van der Waals surface area contributed by atoms with Gasteiger partial charge in [-0.25, -0.2) is 4.98 Å². The van der Waals surface area contributed by atoms with Crippen LogP contribution in [0.3, 0.4) is 0 Å². The lowest BCUT2D eigenvalue weighted by Gasteiger charge is -2.09. The van der Waals surface area contributed by atoms with Gasteiger partial charge >= 0.3 is 0 Å². The number of aromatic nitrogens is 1. The summed E-state index contributed by atoms with van der Waals surface area (Å²) in [6, 6.07) is 16.4. The quantitative estimate of drug-likeness (QED) is 0.693. The summed E-state index contributed by atoms with van der Waals surface area (Å²) in [7, 11) is 1.83. The Bertz CT molecular complexity index is 885. The Morgan fingerprint density at radius 2 is 1.87 bits per heavy atom. The lowest BCUT2D eigenvalue weighted by atomic mass is 9.99. The Hall–Kier alpha value is -2.46. The molecular formula is C19H16N2OS. The predicted octanol–water partition coefficient (Wildman–Crippen LogP) is 4.56. The number of hydrogen-bond donors (Lipinski definition) is 0. The van der Waals surface area contributed by atoms with E-state index in [1.54, 1.807) is 16.2 Å². The highest BCUT2D eigenvalue weighted by Crippen LogP contribution is 2.39. The van der Waals surface area contributed by atoms with Gasteiger partial charge in [-0.15, -0.1) is 11.3 Å². The fraction of sp³-hybridized carbons (Fsp3) is 0.158. The molecule has 1 aliphatic rings. The van der Waals surface area contributed by atoms with Crippen molar-refractivity contribution >= 4 is 22.9 Å². The summed E-state index contributed by atoms with van der Waals surface area (Å²) < 4.78 is 0. The summed E-state index contributed by atoms with van der Waals surface area (Å²) in [5, 5.41) is 3.09. The fourth-order valence-electron chi connectivity index (χ4n) is 3.03. The Balaban J connectivity index is 1.73. The molecule has 3 nitrogen and oxygen atoms in total. The smallest absolute Gasteiger partial charge is 0.234 e. The van der Waals surface area contributed by atoms with Gasteiger partial charge in [0, 0.05) is 29.2 Å². The molecule has 0 aliphatic carbocycles. The maximum absolute atomic E-state index is 12.1. The molecule has 0 saturated heterocycles. The van der Waals surface area contributed by atoms with Gasteiger partial charge < -0.3 is 4.90 Å². The molecule has 0 bridgehead atoms. The van der Waals surface area contributed by atoms with Crippen molar-refractivity contribution in [1.29, 1.82) is 0 Å². The standard InChI is InChI=1S/C19H16N2OS/c1-12-15-10-14(8-9-17(15)21(2)19(12)22)16-11-23-18(20-16)13-6-4-3-5-7-13/h3-12H,1-2H3. The van der Waals surface area contributed by atoms with Crippen molar-refractivity contribution in [3.8, 4) is 21.8 Å². The zero-order chi connectivity index (χ0) is 16.0. The number of likely N-dealkylation sites (N-methyl/N-ethyl adjacent to an activating group) is 1.